The van der Waals surface area contributed by atoms with Crippen molar-refractivity contribution in [1.82, 2.24) is 9.55 Å². The third kappa shape index (κ3) is 4.02. The Hall–Kier alpha value is -3.85. The van der Waals surface area contributed by atoms with Gasteiger partial charge >= 0.3 is 0 Å². The molecule has 0 aliphatic carbocycles. The van der Waals surface area contributed by atoms with E-state index in [0.717, 1.165) is 11.1 Å². The van der Waals surface area contributed by atoms with Gasteiger partial charge in [-0.25, -0.2) is 4.98 Å². The van der Waals surface area contributed by atoms with Crippen LogP contribution in [0.3, 0.4) is 0 Å². The molecular formula is C23H20N4O4S. The van der Waals surface area contributed by atoms with Crippen molar-refractivity contribution < 1.29 is 9.72 Å². The maximum Gasteiger partial charge on any atom is 0.271 e. The largest absolute Gasteiger partial charge is 0.324 e. The van der Waals surface area contributed by atoms with E-state index in [4.69, 9.17) is 0 Å². The zero-order valence-corrected chi connectivity index (χ0v) is 18.3. The summed E-state index contributed by atoms with van der Waals surface area (Å²) in [7, 11) is 0. The van der Waals surface area contributed by atoms with Crippen molar-refractivity contribution in [2.75, 3.05) is 5.32 Å². The molecule has 0 radical (unpaired) electrons. The number of nitrogens with one attached hydrogen (secondary N) is 1. The first kappa shape index (κ1) is 21.4. The van der Waals surface area contributed by atoms with Crippen molar-refractivity contribution in [2.24, 2.45) is 0 Å². The Balaban J connectivity index is 1.72. The Morgan fingerprint density at radius 2 is 1.97 bits per heavy atom. The number of nitro groups is 1. The summed E-state index contributed by atoms with van der Waals surface area (Å²) in [6.07, 6.45) is 0.479. The van der Waals surface area contributed by atoms with E-state index in [0.29, 0.717) is 33.7 Å². The van der Waals surface area contributed by atoms with Gasteiger partial charge in [0.15, 0.2) is 0 Å². The van der Waals surface area contributed by atoms with Crippen LogP contribution in [-0.4, -0.2) is 20.4 Å². The van der Waals surface area contributed by atoms with E-state index in [1.165, 1.54) is 28.0 Å². The van der Waals surface area contributed by atoms with Gasteiger partial charge in [0.05, 0.1) is 16.0 Å². The molecule has 0 atom stereocenters. The maximum absolute atomic E-state index is 13.4. The first-order valence-electron chi connectivity index (χ1n) is 10.00. The number of hydrogen-bond donors (Lipinski definition) is 1. The highest BCUT2D eigenvalue weighted by Gasteiger charge is 2.19. The Bertz CT molecular complexity index is 1390. The van der Waals surface area contributed by atoms with Crippen LogP contribution in [0.4, 0.5) is 11.4 Å². The van der Waals surface area contributed by atoms with Crippen molar-refractivity contribution in [3.8, 4) is 11.1 Å². The van der Waals surface area contributed by atoms with Crippen molar-refractivity contribution in [3.05, 3.63) is 85.8 Å². The molecule has 1 N–H and O–H groups in total. The molecule has 4 aromatic rings. The van der Waals surface area contributed by atoms with E-state index in [-0.39, 0.29) is 17.8 Å². The van der Waals surface area contributed by atoms with Gasteiger partial charge in [0, 0.05) is 29.5 Å². The zero-order valence-electron chi connectivity index (χ0n) is 17.5. The number of nitro benzene ring substituents is 1. The van der Waals surface area contributed by atoms with Gasteiger partial charge < -0.3 is 5.32 Å². The molecule has 32 heavy (non-hydrogen) atoms. The van der Waals surface area contributed by atoms with E-state index >= 15 is 0 Å². The predicted octanol–water partition coefficient (Wildman–Crippen LogP) is 4.54. The fraction of sp³-hybridized carbons (Fsp3) is 0.174. The van der Waals surface area contributed by atoms with Crippen LogP contribution in [0.25, 0.3) is 21.3 Å². The predicted molar refractivity (Wildman–Crippen MR) is 125 cm³/mol. The molecule has 0 bridgehead atoms. The van der Waals surface area contributed by atoms with Crippen molar-refractivity contribution in [1.29, 1.82) is 0 Å². The number of amides is 1. The van der Waals surface area contributed by atoms with Crippen molar-refractivity contribution >= 4 is 38.8 Å². The van der Waals surface area contributed by atoms with E-state index in [9.17, 15) is 19.7 Å². The number of benzene rings is 2. The Labute approximate surface area is 187 Å². The first-order chi connectivity index (χ1) is 15.4. The van der Waals surface area contributed by atoms with Crippen LogP contribution in [0, 0.1) is 17.0 Å². The molecule has 4 rings (SSSR count). The Kier molecular flexibility index (Phi) is 5.83. The van der Waals surface area contributed by atoms with Crippen molar-refractivity contribution in [2.45, 2.75) is 26.8 Å². The van der Waals surface area contributed by atoms with Gasteiger partial charge in [-0.1, -0.05) is 43.3 Å². The van der Waals surface area contributed by atoms with Crippen LogP contribution >= 0.6 is 11.3 Å². The Morgan fingerprint density at radius 3 is 2.66 bits per heavy atom. The van der Waals surface area contributed by atoms with Gasteiger partial charge in [-0.05, 0) is 18.1 Å². The minimum atomic E-state index is -0.520. The number of aromatic nitrogens is 2. The molecular weight excluding hydrogens is 428 g/mol. The lowest BCUT2D eigenvalue weighted by Crippen LogP contribution is -2.31. The SMILES string of the molecule is CCc1nc2scc(-c3ccccc3)c2c(=O)n1CC(=O)Nc1cc([N+](=O)[O-])ccc1C. The highest BCUT2D eigenvalue weighted by Crippen LogP contribution is 2.31. The van der Waals surface area contributed by atoms with Crippen LogP contribution in [0.5, 0.6) is 0 Å². The summed E-state index contributed by atoms with van der Waals surface area (Å²) in [6, 6.07) is 13.8. The summed E-state index contributed by atoms with van der Waals surface area (Å²) < 4.78 is 1.38. The van der Waals surface area contributed by atoms with Gasteiger partial charge in [-0.2, -0.15) is 0 Å². The number of fused-ring (bicyclic) bond motifs is 1. The molecule has 0 aliphatic rings. The van der Waals surface area contributed by atoms with Gasteiger partial charge in [0.1, 0.15) is 17.2 Å². The smallest absolute Gasteiger partial charge is 0.271 e. The second-order valence-electron chi connectivity index (χ2n) is 7.27. The number of nitrogens with zero attached hydrogens (tertiary/aromatic N) is 3. The number of hydrogen-bond acceptors (Lipinski definition) is 6. The number of non-ortho nitro benzene ring substituents is 1. The molecule has 0 unspecified atom stereocenters. The maximum atomic E-state index is 13.4. The van der Waals surface area contributed by atoms with E-state index in [2.05, 4.69) is 10.3 Å². The van der Waals surface area contributed by atoms with E-state index in [1.54, 1.807) is 13.0 Å². The highest BCUT2D eigenvalue weighted by molar-refractivity contribution is 7.17. The monoisotopic (exact) mass is 448 g/mol. The van der Waals surface area contributed by atoms with Crippen LogP contribution in [-0.2, 0) is 17.8 Å². The topological polar surface area (TPSA) is 107 Å². The molecule has 2 aromatic carbocycles. The highest BCUT2D eigenvalue weighted by atomic mass is 32.1. The number of anilines is 1. The number of thiophene rings is 1. The van der Waals surface area contributed by atoms with Crippen LogP contribution in [0.15, 0.2) is 58.7 Å². The standard InChI is InChI=1S/C23H20N4O4S/c1-3-19-25-22-21(17(13-32-22)15-7-5-4-6-8-15)23(29)26(19)12-20(28)24-18-11-16(27(30)31)10-9-14(18)2/h4-11,13H,3,12H2,1-2H3,(H,24,28). The third-order valence-electron chi connectivity index (χ3n) is 5.18. The third-order valence-corrected chi connectivity index (χ3v) is 6.05. The number of carbonyl (C=O) groups excluding carboxylic acids is 1. The molecule has 9 heteroatoms. The normalized spacial score (nSPS) is 10.9. The molecule has 162 valence electrons. The average molecular weight is 449 g/mol. The summed E-state index contributed by atoms with van der Waals surface area (Å²) in [5.74, 6) is 0.0536. The molecule has 2 heterocycles. The van der Waals surface area contributed by atoms with Gasteiger partial charge in [-0.3, -0.25) is 24.3 Å². The molecule has 0 fully saturated rings. The summed E-state index contributed by atoms with van der Waals surface area (Å²) in [5, 5.41) is 16.1. The summed E-state index contributed by atoms with van der Waals surface area (Å²) >= 11 is 1.40. The number of rotatable bonds is 6. The lowest BCUT2D eigenvalue weighted by molar-refractivity contribution is -0.384. The van der Waals surface area contributed by atoms with Gasteiger partial charge in [0.2, 0.25) is 5.91 Å². The minimum absolute atomic E-state index is 0.119. The van der Waals surface area contributed by atoms with Crippen molar-refractivity contribution in [3.63, 3.8) is 0 Å². The Morgan fingerprint density at radius 1 is 1.22 bits per heavy atom. The molecule has 2 aromatic heterocycles. The molecule has 0 saturated heterocycles. The quantitative estimate of drug-likeness (QED) is 0.344. The molecule has 0 aliphatic heterocycles. The van der Waals surface area contributed by atoms with E-state index in [1.807, 2.05) is 42.6 Å². The molecule has 1 amide bonds. The molecule has 0 spiro atoms. The first-order valence-corrected chi connectivity index (χ1v) is 10.9. The summed E-state index contributed by atoms with van der Waals surface area (Å²) in [5.41, 5.74) is 2.32. The van der Waals surface area contributed by atoms with Crippen LogP contribution in [0.1, 0.15) is 18.3 Å². The van der Waals surface area contributed by atoms with Crippen LogP contribution in [0.2, 0.25) is 0 Å². The number of carbonyl (C=O) groups is 1. The fourth-order valence-electron chi connectivity index (χ4n) is 3.52. The zero-order chi connectivity index (χ0) is 22.8. The van der Waals surface area contributed by atoms with E-state index < -0.39 is 10.8 Å². The fourth-order valence-corrected chi connectivity index (χ4v) is 4.48. The van der Waals surface area contributed by atoms with Crippen LogP contribution < -0.4 is 10.9 Å². The average Bonchev–Trinajstić information content (AvgIpc) is 3.21. The lowest BCUT2D eigenvalue weighted by Gasteiger charge is -2.13. The summed E-state index contributed by atoms with van der Waals surface area (Å²) in [6.45, 7) is 3.38. The molecule has 8 nitrogen and oxygen atoms in total. The lowest BCUT2D eigenvalue weighted by atomic mass is 10.1. The second-order valence-corrected chi connectivity index (χ2v) is 8.13. The van der Waals surface area contributed by atoms with Gasteiger partial charge in [-0.15, -0.1) is 11.3 Å². The second kappa shape index (κ2) is 8.72. The number of aryl methyl sites for hydroxylation is 2. The minimum Gasteiger partial charge on any atom is -0.324 e. The molecule has 0 saturated carbocycles. The van der Waals surface area contributed by atoms with Gasteiger partial charge in [0.25, 0.3) is 11.2 Å². The summed E-state index contributed by atoms with van der Waals surface area (Å²) in [4.78, 5) is 42.0.